The topological polar surface area (TPSA) is 152 Å². The van der Waals surface area contributed by atoms with Crippen LogP contribution in [0, 0.1) is 11.8 Å². The van der Waals surface area contributed by atoms with E-state index < -0.39 is 18.2 Å². The Morgan fingerprint density at radius 3 is 2.60 bits per heavy atom. The van der Waals surface area contributed by atoms with Crippen LogP contribution in [0.3, 0.4) is 0 Å². The van der Waals surface area contributed by atoms with E-state index >= 15 is 0 Å². The zero-order valence-electron chi connectivity index (χ0n) is 24.2. The number of nitrogens with one attached hydrogen (secondary N) is 2. The predicted octanol–water partition coefficient (Wildman–Crippen LogP) is -0.176. The molecule has 0 saturated carbocycles. The highest BCUT2D eigenvalue weighted by Crippen LogP contribution is 2.33. The summed E-state index contributed by atoms with van der Waals surface area (Å²) in [5, 5.41) is 27.2. The van der Waals surface area contributed by atoms with Crippen molar-refractivity contribution in [3.63, 3.8) is 0 Å². The van der Waals surface area contributed by atoms with Gasteiger partial charge in [0.1, 0.15) is 11.8 Å². The van der Waals surface area contributed by atoms with Crippen molar-refractivity contribution in [1.82, 2.24) is 25.3 Å². The normalized spacial score (nSPS) is 31.1. The summed E-state index contributed by atoms with van der Waals surface area (Å²) in [5.41, 5.74) is 0.724. The summed E-state index contributed by atoms with van der Waals surface area (Å²) in [4.78, 5) is 58.7. The number of morpholine rings is 1. The average Bonchev–Trinajstić information content (AvgIpc) is 3.42. The quantitative estimate of drug-likeness (QED) is 0.372. The van der Waals surface area contributed by atoms with E-state index in [0.29, 0.717) is 71.7 Å². The number of rotatable bonds is 5. The van der Waals surface area contributed by atoms with Crippen molar-refractivity contribution >= 4 is 23.6 Å². The molecule has 0 radical (unpaired) electrons. The fourth-order valence-corrected chi connectivity index (χ4v) is 6.64. The van der Waals surface area contributed by atoms with Gasteiger partial charge in [0.15, 0.2) is 0 Å². The van der Waals surface area contributed by atoms with Gasteiger partial charge < -0.3 is 40.3 Å². The molecule has 12 nitrogen and oxygen atoms in total. The summed E-state index contributed by atoms with van der Waals surface area (Å²) < 4.78 is 5.38. The lowest BCUT2D eigenvalue weighted by Gasteiger charge is -2.40. The standard InChI is InChI=1S/C30H43N5O7/c1-19-26(37)15-28(39)34-7-6-20(12-27(38)33-8-10-42-11-9-33)22(17-34)13-29(40)35-18-23(14-24(35)30(41)32-19)31-16-21-4-2-3-5-25(21)36/h2-5,19-20,22-24,26,31,36-37H,6-18H2,1H3,(H,32,41)/t19-,20-,22-,23-,24-,26-/m0/s1. The van der Waals surface area contributed by atoms with E-state index in [1.165, 1.54) is 0 Å². The molecule has 0 aliphatic carbocycles. The first-order valence-corrected chi connectivity index (χ1v) is 15.1. The van der Waals surface area contributed by atoms with E-state index in [1.54, 1.807) is 28.9 Å². The van der Waals surface area contributed by atoms with E-state index in [4.69, 9.17) is 4.74 Å². The Hall–Kier alpha value is -3.22. The van der Waals surface area contributed by atoms with Gasteiger partial charge in [-0.05, 0) is 37.7 Å². The first-order chi connectivity index (χ1) is 20.2. The average molecular weight is 586 g/mol. The van der Waals surface area contributed by atoms with Gasteiger partial charge in [0, 0.05) is 63.7 Å². The molecule has 4 saturated heterocycles. The monoisotopic (exact) mass is 585 g/mol. The largest absolute Gasteiger partial charge is 0.508 e. The minimum absolute atomic E-state index is 0.0366. The van der Waals surface area contributed by atoms with Crippen LogP contribution in [0.2, 0.25) is 0 Å². The Morgan fingerprint density at radius 1 is 1.07 bits per heavy atom. The number of piperidine rings is 1. The number of hydrogen-bond donors (Lipinski definition) is 4. The number of nitrogens with zero attached hydrogens (tertiary/aromatic N) is 3. The third kappa shape index (κ3) is 7.04. The molecule has 230 valence electrons. The van der Waals surface area contributed by atoms with Crippen molar-refractivity contribution in [2.45, 2.75) is 69.8 Å². The number of aliphatic hydroxyl groups is 1. The predicted molar refractivity (Wildman–Crippen MR) is 152 cm³/mol. The number of benzene rings is 1. The highest BCUT2D eigenvalue weighted by molar-refractivity contribution is 5.89. The number of phenols is 1. The van der Waals surface area contributed by atoms with Crippen LogP contribution in [0.25, 0.3) is 0 Å². The van der Waals surface area contributed by atoms with Gasteiger partial charge in [0.05, 0.1) is 31.8 Å². The number of fused-ring (bicyclic) bond motifs is 3. The molecule has 12 heteroatoms. The van der Waals surface area contributed by atoms with Crippen molar-refractivity contribution in [3.8, 4) is 5.75 Å². The molecule has 4 aliphatic rings. The van der Waals surface area contributed by atoms with E-state index in [1.807, 2.05) is 17.0 Å². The molecule has 4 amide bonds. The Kier molecular flexibility index (Phi) is 9.64. The number of carbonyl (C=O) groups excluding carboxylic acids is 4. The van der Waals surface area contributed by atoms with E-state index in [9.17, 15) is 29.4 Å². The summed E-state index contributed by atoms with van der Waals surface area (Å²) in [7, 11) is 0. The number of amides is 4. The molecule has 4 N–H and O–H groups in total. The molecule has 1 aromatic carbocycles. The van der Waals surface area contributed by atoms with E-state index in [2.05, 4.69) is 10.6 Å². The third-order valence-electron chi connectivity index (χ3n) is 9.31. The first kappa shape index (κ1) is 30.2. The van der Waals surface area contributed by atoms with Crippen molar-refractivity contribution in [1.29, 1.82) is 0 Å². The minimum Gasteiger partial charge on any atom is -0.508 e. The van der Waals surface area contributed by atoms with Gasteiger partial charge in [0.25, 0.3) is 0 Å². The minimum atomic E-state index is -1.07. The number of aliphatic hydroxyl groups excluding tert-OH is 1. The van der Waals surface area contributed by atoms with Gasteiger partial charge >= 0.3 is 0 Å². The number of para-hydroxylation sites is 1. The first-order valence-electron chi connectivity index (χ1n) is 15.1. The molecule has 42 heavy (non-hydrogen) atoms. The van der Waals surface area contributed by atoms with Gasteiger partial charge in [-0.1, -0.05) is 18.2 Å². The van der Waals surface area contributed by atoms with Crippen LogP contribution >= 0.6 is 0 Å². The molecule has 0 aromatic heterocycles. The van der Waals surface area contributed by atoms with Crippen LogP contribution in [-0.4, -0.2) is 119 Å². The molecule has 0 unspecified atom stereocenters. The molecule has 6 atom stereocenters. The van der Waals surface area contributed by atoms with E-state index in [-0.39, 0.29) is 60.1 Å². The SMILES string of the molecule is C[C@@H]1NC(=O)[C@@H]2C[C@H](NCc3ccccc3O)CN2C(=O)C[C@H]2CN(CC[C@H]2CC(=O)N2CCOCC2)C(=O)C[C@@H]1O. The summed E-state index contributed by atoms with van der Waals surface area (Å²) >= 11 is 0. The van der Waals surface area contributed by atoms with Gasteiger partial charge in [0.2, 0.25) is 23.6 Å². The van der Waals surface area contributed by atoms with Crippen molar-refractivity contribution < 1.29 is 34.1 Å². The van der Waals surface area contributed by atoms with Crippen LogP contribution in [0.5, 0.6) is 5.75 Å². The highest BCUT2D eigenvalue weighted by Gasteiger charge is 2.43. The van der Waals surface area contributed by atoms with Crippen LogP contribution < -0.4 is 10.6 Å². The van der Waals surface area contributed by atoms with Crippen LogP contribution in [-0.2, 0) is 30.5 Å². The number of phenolic OH excluding ortho intramolecular Hbond substituents is 1. The summed E-state index contributed by atoms with van der Waals surface area (Å²) in [6, 6.07) is 5.44. The van der Waals surface area contributed by atoms with Crippen molar-refractivity contribution in [3.05, 3.63) is 29.8 Å². The molecule has 4 heterocycles. The zero-order chi connectivity index (χ0) is 29.8. The van der Waals surface area contributed by atoms with Gasteiger partial charge in [-0.2, -0.15) is 0 Å². The van der Waals surface area contributed by atoms with Gasteiger partial charge in [-0.3, -0.25) is 19.2 Å². The summed E-state index contributed by atoms with van der Waals surface area (Å²) in [6.07, 6.45) is 0.201. The van der Waals surface area contributed by atoms with Crippen LogP contribution in [0.4, 0.5) is 0 Å². The number of ether oxygens (including phenoxy) is 1. The molecule has 1 aromatic rings. The lowest BCUT2D eigenvalue weighted by Crippen LogP contribution is -2.51. The van der Waals surface area contributed by atoms with Crippen LogP contribution in [0.15, 0.2) is 24.3 Å². The van der Waals surface area contributed by atoms with Crippen LogP contribution in [0.1, 0.15) is 44.6 Å². The Bertz CT molecular complexity index is 1160. The second kappa shape index (κ2) is 13.4. The molecule has 2 bridgehead atoms. The van der Waals surface area contributed by atoms with Crippen molar-refractivity contribution in [2.75, 3.05) is 45.9 Å². The fraction of sp³-hybridized carbons (Fsp3) is 0.667. The number of carbonyl (C=O) groups is 4. The molecule has 5 rings (SSSR count). The smallest absolute Gasteiger partial charge is 0.243 e. The molecular weight excluding hydrogens is 542 g/mol. The molecule has 0 spiro atoms. The second-order valence-corrected chi connectivity index (χ2v) is 12.1. The van der Waals surface area contributed by atoms with E-state index in [0.717, 1.165) is 5.56 Å². The highest BCUT2D eigenvalue weighted by atomic mass is 16.5. The number of aromatic hydroxyl groups is 1. The fourth-order valence-electron chi connectivity index (χ4n) is 6.64. The zero-order valence-corrected chi connectivity index (χ0v) is 24.2. The van der Waals surface area contributed by atoms with Gasteiger partial charge in [-0.15, -0.1) is 0 Å². The maximum Gasteiger partial charge on any atom is 0.243 e. The summed E-state index contributed by atoms with van der Waals surface area (Å²) in [6.45, 7) is 5.28. The number of hydrogen-bond acceptors (Lipinski definition) is 8. The van der Waals surface area contributed by atoms with Crippen molar-refractivity contribution in [2.24, 2.45) is 11.8 Å². The maximum absolute atomic E-state index is 13.9. The molecule has 4 fully saturated rings. The molecule has 4 aliphatic heterocycles. The van der Waals surface area contributed by atoms with Gasteiger partial charge in [-0.25, -0.2) is 0 Å². The Balaban J connectivity index is 1.34. The maximum atomic E-state index is 13.9. The third-order valence-corrected chi connectivity index (χ3v) is 9.31. The lowest BCUT2D eigenvalue weighted by molar-refractivity contribution is -0.143. The Morgan fingerprint density at radius 2 is 1.83 bits per heavy atom. The lowest BCUT2D eigenvalue weighted by atomic mass is 9.80. The summed E-state index contributed by atoms with van der Waals surface area (Å²) in [5.74, 6) is -0.869. The Labute approximate surface area is 246 Å². The second-order valence-electron chi connectivity index (χ2n) is 12.1. The molecular formula is C30H43N5O7.